The third kappa shape index (κ3) is 5.18. The molecule has 0 unspecified atom stereocenters. The maximum Gasteiger partial charge on any atom is -0.00463 e. The van der Waals surface area contributed by atoms with Gasteiger partial charge in [0.25, 0.3) is 0 Å². The standard InChI is InChI=1S/C34H54/c1-3-5-6-8-28-9-13-29(14-10-28)30-15-19-32(20-16-30)34-24-21-33(22-25-34,23-26-34)31-17-11-27(7-4-2)12-18-31/h15-16,19-20,27-29,31H,3-14,17-18,21-26H2,1-2H3. The van der Waals surface area contributed by atoms with Crippen molar-refractivity contribution in [2.75, 3.05) is 0 Å². The summed E-state index contributed by atoms with van der Waals surface area (Å²) in [7, 11) is 0. The predicted molar refractivity (Wildman–Crippen MR) is 147 cm³/mol. The Morgan fingerprint density at radius 1 is 0.618 bits per heavy atom. The zero-order valence-electron chi connectivity index (χ0n) is 22.8. The Morgan fingerprint density at radius 3 is 1.79 bits per heavy atom. The summed E-state index contributed by atoms with van der Waals surface area (Å²) in [6.45, 7) is 4.70. The lowest BCUT2D eigenvalue weighted by Crippen LogP contribution is -2.48. The van der Waals surface area contributed by atoms with Crippen LogP contribution in [0.15, 0.2) is 24.3 Å². The van der Waals surface area contributed by atoms with E-state index in [0.29, 0.717) is 5.41 Å². The van der Waals surface area contributed by atoms with Crippen LogP contribution in [0, 0.1) is 23.2 Å². The number of hydrogen-bond donors (Lipinski definition) is 0. The highest BCUT2D eigenvalue weighted by Gasteiger charge is 2.52. The van der Waals surface area contributed by atoms with Gasteiger partial charge in [-0.25, -0.2) is 0 Å². The first-order valence-electron chi connectivity index (χ1n) is 15.8. The van der Waals surface area contributed by atoms with Crippen LogP contribution in [0.3, 0.4) is 0 Å². The highest BCUT2D eigenvalue weighted by atomic mass is 14.6. The monoisotopic (exact) mass is 462 g/mol. The molecule has 0 spiro atoms. The molecule has 0 amide bonds. The molecule has 0 heteroatoms. The van der Waals surface area contributed by atoms with E-state index in [1.807, 2.05) is 0 Å². The van der Waals surface area contributed by atoms with Gasteiger partial charge < -0.3 is 0 Å². The summed E-state index contributed by atoms with van der Waals surface area (Å²) in [5, 5.41) is 0. The molecule has 6 rings (SSSR count). The number of fused-ring (bicyclic) bond motifs is 3. The van der Waals surface area contributed by atoms with Crippen molar-refractivity contribution in [1.82, 2.24) is 0 Å². The summed E-state index contributed by atoms with van der Waals surface area (Å²) < 4.78 is 0. The maximum atomic E-state index is 2.58. The molecular weight excluding hydrogens is 408 g/mol. The molecular formula is C34H54. The summed E-state index contributed by atoms with van der Waals surface area (Å²) in [6.07, 6.45) is 29.6. The van der Waals surface area contributed by atoms with Crippen molar-refractivity contribution in [2.24, 2.45) is 23.2 Å². The van der Waals surface area contributed by atoms with Crippen LogP contribution >= 0.6 is 0 Å². The summed E-state index contributed by atoms with van der Waals surface area (Å²) in [6, 6.07) is 10.3. The third-order valence-corrected chi connectivity index (χ3v) is 11.8. The number of unbranched alkanes of at least 4 members (excludes halogenated alkanes) is 2. The molecule has 0 aliphatic heterocycles. The minimum Gasteiger partial charge on any atom is -0.0654 e. The van der Waals surface area contributed by atoms with Gasteiger partial charge in [0.15, 0.2) is 0 Å². The molecule has 190 valence electrons. The largest absolute Gasteiger partial charge is 0.0654 e. The van der Waals surface area contributed by atoms with E-state index < -0.39 is 0 Å². The average molecular weight is 463 g/mol. The Balaban J connectivity index is 1.14. The fraction of sp³-hybridized carbons (Fsp3) is 0.824. The lowest BCUT2D eigenvalue weighted by atomic mass is 9.47. The number of hydrogen-bond acceptors (Lipinski definition) is 0. The first-order chi connectivity index (χ1) is 16.7. The highest BCUT2D eigenvalue weighted by Crippen LogP contribution is 2.62. The quantitative estimate of drug-likeness (QED) is 0.320. The van der Waals surface area contributed by atoms with Gasteiger partial charge in [-0.1, -0.05) is 89.5 Å². The summed E-state index contributed by atoms with van der Waals surface area (Å²) >= 11 is 0. The second-order valence-electron chi connectivity index (χ2n) is 13.5. The van der Waals surface area contributed by atoms with Gasteiger partial charge in [0, 0.05) is 0 Å². The molecule has 1 aromatic carbocycles. The van der Waals surface area contributed by atoms with Gasteiger partial charge in [-0.2, -0.15) is 0 Å². The van der Waals surface area contributed by atoms with Gasteiger partial charge in [0.2, 0.25) is 0 Å². The first kappa shape index (κ1) is 24.9. The Morgan fingerprint density at radius 2 is 1.21 bits per heavy atom. The van der Waals surface area contributed by atoms with Gasteiger partial charge >= 0.3 is 0 Å². The summed E-state index contributed by atoms with van der Waals surface area (Å²) in [5.74, 6) is 3.96. The van der Waals surface area contributed by atoms with Crippen molar-refractivity contribution < 1.29 is 0 Å². The van der Waals surface area contributed by atoms with Crippen LogP contribution in [0.1, 0.15) is 159 Å². The molecule has 0 radical (unpaired) electrons. The van der Waals surface area contributed by atoms with Crippen LogP contribution in [0.25, 0.3) is 0 Å². The predicted octanol–water partition coefficient (Wildman–Crippen LogP) is 10.7. The molecule has 0 N–H and O–H groups in total. The van der Waals surface area contributed by atoms with E-state index in [2.05, 4.69) is 38.1 Å². The van der Waals surface area contributed by atoms with E-state index >= 15 is 0 Å². The van der Waals surface area contributed by atoms with Gasteiger partial charge in [-0.3, -0.25) is 0 Å². The molecule has 5 aliphatic rings. The topological polar surface area (TPSA) is 0 Å². The molecule has 0 saturated heterocycles. The van der Waals surface area contributed by atoms with Crippen molar-refractivity contribution in [1.29, 1.82) is 0 Å². The second-order valence-corrected chi connectivity index (χ2v) is 13.5. The van der Waals surface area contributed by atoms with E-state index in [1.54, 1.807) is 24.0 Å². The molecule has 5 aliphatic carbocycles. The minimum atomic E-state index is 0.524. The maximum absolute atomic E-state index is 2.58. The van der Waals surface area contributed by atoms with Crippen LogP contribution in [0.2, 0.25) is 0 Å². The Hall–Kier alpha value is -0.780. The van der Waals surface area contributed by atoms with E-state index in [1.165, 1.54) is 116 Å². The molecule has 0 atom stereocenters. The number of rotatable bonds is 9. The van der Waals surface area contributed by atoms with Crippen molar-refractivity contribution in [3.05, 3.63) is 35.4 Å². The fourth-order valence-corrected chi connectivity index (χ4v) is 9.31. The fourth-order valence-electron chi connectivity index (χ4n) is 9.31. The second kappa shape index (κ2) is 11.1. The number of benzene rings is 1. The normalized spacial score (nSPS) is 38.2. The van der Waals surface area contributed by atoms with Crippen LogP contribution in [0.5, 0.6) is 0 Å². The van der Waals surface area contributed by atoms with Gasteiger partial charge in [0.1, 0.15) is 0 Å². The molecule has 34 heavy (non-hydrogen) atoms. The molecule has 0 nitrogen and oxygen atoms in total. The van der Waals surface area contributed by atoms with Crippen molar-refractivity contribution in [3.8, 4) is 0 Å². The van der Waals surface area contributed by atoms with Crippen LogP contribution in [-0.4, -0.2) is 0 Å². The molecule has 1 aromatic rings. The van der Waals surface area contributed by atoms with Crippen LogP contribution < -0.4 is 0 Å². The van der Waals surface area contributed by atoms with Crippen LogP contribution in [0.4, 0.5) is 0 Å². The van der Waals surface area contributed by atoms with Crippen LogP contribution in [-0.2, 0) is 5.41 Å². The SMILES string of the molecule is CCCCCC1CCC(c2ccc(C34CCC(C5CCC(CCC)CC5)(CC3)CC4)cc2)CC1. The third-order valence-electron chi connectivity index (χ3n) is 11.8. The van der Waals surface area contributed by atoms with Crippen molar-refractivity contribution in [2.45, 2.75) is 154 Å². The zero-order chi connectivity index (χ0) is 23.4. The Labute approximate surface area is 212 Å². The van der Waals surface area contributed by atoms with Crippen molar-refractivity contribution in [3.63, 3.8) is 0 Å². The van der Waals surface area contributed by atoms with Gasteiger partial charge in [0.05, 0.1) is 0 Å². The van der Waals surface area contributed by atoms with E-state index in [-0.39, 0.29) is 0 Å². The lowest BCUT2D eigenvalue weighted by Gasteiger charge is -2.58. The van der Waals surface area contributed by atoms with E-state index in [9.17, 15) is 0 Å². The average Bonchev–Trinajstić information content (AvgIpc) is 2.91. The Kier molecular flexibility index (Phi) is 8.12. The summed E-state index contributed by atoms with van der Waals surface area (Å²) in [4.78, 5) is 0. The zero-order valence-corrected chi connectivity index (χ0v) is 22.8. The molecule has 5 saturated carbocycles. The molecule has 0 aromatic heterocycles. The van der Waals surface area contributed by atoms with Gasteiger partial charge in [-0.05, 0) is 123 Å². The highest BCUT2D eigenvalue weighted by molar-refractivity contribution is 5.33. The van der Waals surface area contributed by atoms with E-state index in [4.69, 9.17) is 0 Å². The molecule has 2 bridgehead atoms. The smallest absolute Gasteiger partial charge is 0.00463 e. The molecule has 0 heterocycles. The van der Waals surface area contributed by atoms with Gasteiger partial charge in [-0.15, -0.1) is 0 Å². The first-order valence-corrected chi connectivity index (χ1v) is 15.8. The van der Waals surface area contributed by atoms with Crippen molar-refractivity contribution >= 4 is 0 Å². The minimum absolute atomic E-state index is 0.524. The van der Waals surface area contributed by atoms with E-state index in [0.717, 1.165) is 29.1 Å². The molecule has 5 fully saturated rings. The summed E-state index contributed by atoms with van der Waals surface area (Å²) in [5.41, 5.74) is 4.60. The Bertz CT molecular complexity index is 716. The lowest BCUT2D eigenvalue weighted by molar-refractivity contribution is -0.0294.